The molecule has 0 aromatic carbocycles. The Hall–Kier alpha value is -2.64. The first-order chi connectivity index (χ1) is 12.6. The number of nitrogens with two attached hydrogens (primary N) is 1. The number of nitrogens with one attached hydrogen (secondary N) is 1. The summed E-state index contributed by atoms with van der Waals surface area (Å²) < 4.78 is 1.63. The Balaban J connectivity index is 1.39. The molecule has 0 atom stereocenters. The van der Waals surface area contributed by atoms with Crippen LogP contribution in [0, 0.1) is 0 Å². The molecule has 2 aromatic heterocycles. The molecule has 3 heterocycles. The van der Waals surface area contributed by atoms with E-state index in [1.165, 1.54) is 0 Å². The van der Waals surface area contributed by atoms with Crippen molar-refractivity contribution in [3.63, 3.8) is 0 Å². The molecule has 0 unspecified atom stereocenters. The van der Waals surface area contributed by atoms with Crippen LogP contribution in [0.15, 0.2) is 18.5 Å². The van der Waals surface area contributed by atoms with Gasteiger partial charge < -0.3 is 16.0 Å². The second-order valence-electron chi connectivity index (χ2n) is 7.17. The zero-order valence-corrected chi connectivity index (χ0v) is 15.1. The first kappa shape index (κ1) is 16.8. The molecular weight excluding hydrogens is 330 g/mol. The standard InChI is InChI=1S/C18H25N7O/c1-24-17(19)14(11-21-24)15-8-9-20-18(23-15)22-12-4-6-13(7-5-12)25-10-2-3-16(25)26/h8-9,11-13H,2-7,10,19H2,1H3,(H,20,22,23). The highest BCUT2D eigenvalue weighted by atomic mass is 16.2. The Morgan fingerprint density at radius 2 is 2.08 bits per heavy atom. The minimum atomic E-state index is 0.325. The molecule has 0 bridgehead atoms. The van der Waals surface area contributed by atoms with Crippen molar-refractivity contribution >= 4 is 17.7 Å². The minimum Gasteiger partial charge on any atom is -0.383 e. The average molecular weight is 355 g/mol. The molecule has 4 rings (SSSR count). The smallest absolute Gasteiger partial charge is 0.223 e. The number of hydrogen-bond donors (Lipinski definition) is 2. The molecule has 3 N–H and O–H groups in total. The fraction of sp³-hybridized carbons (Fsp3) is 0.556. The van der Waals surface area contributed by atoms with E-state index >= 15 is 0 Å². The van der Waals surface area contributed by atoms with Crippen molar-refractivity contribution in [2.45, 2.75) is 50.6 Å². The van der Waals surface area contributed by atoms with Crippen LogP contribution in [0.3, 0.4) is 0 Å². The number of hydrogen-bond acceptors (Lipinski definition) is 6. The molecule has 1 aliphatic carbocycles. The van der Waals surface area contributed by atoms with Gasteiger partial charge in [0, 0.05) is 38.3 Å². The maximum Gasteiger partial charge on any atom is 0.223 e. The third-order valence-electron chi connectivity index (χ3n) is 5.50. The van der Waals surface area contributed by atoms with Crippen LogP contribution in [-0.4, -0.2) is 49.2 Å². The Morgan fingerprint density at radius 3 is 2.73 bits per heavy atom. The number of anilines is 2. The quantitative estimate of drug-likeness (QED) is 0.867. The van der Waals surface area contributed by atoms with Gasteiger partial charge in [-0.1, -0.05) is 0 Å². The maximum absolute atomic E-state index is 11.9. The van der Waals surface area contributed by atoms with Crippen LogP contribution in [0.1, 0.15) is 38.5 Å². The summed E-state index contributed by atoms with van der Waals surface area (Å²) in [5.74, 6) is 1.53. The molecule has 138 valence electrons. The van der Waals surface area contributed by atoms with E-state index in [9.17, 15) is 4.79 Å². The summed E-state index contributed by atoms with van der Waals surface area (Å²) in [7, 11) is 1.81. The molecule has 8 nitrogen and oxygen atoms in total. The van der Waals surface area contributed by atoms with Gasteiger partial charge in [-0.05, 0) is 38.2 Å². The monoisotopic (exact) mass is 355 g/mol. The van der Waals surface area contributed by atoms with Gasteiger partial charge in [-0.25, -0.2) is 9.97 Å². The van der Waals surface area contributed by atoms with E-state index in [-0.39, 0.29) is 0 Å². The molecule has 8 heteroatoms. The molecule has 1 amide bonds. The SMILES string of the molecule is Cn1ncc(-c2ccnc(NC3CCC(N4CCCC4=O)CC3)n2)c1N. The molecule has 0 radical (unpaired) electrons. The first-order valence-corrected chi connectivity index (χ1v) is 9.28. The lowest BCUT2D eigenvalue weighted by Crippen LogP contribution is -2.41. The van der Waals surface area contributed by atoms with Crippen LogP contribution in [0.5, 0.6) is 0 Å². The zero-order valence-electron chi connectivity index (χ0n) is 15.1. The van der Waals surface area contributed by atoms with Gasteiger partial charge in [0.15, 0.2) is 0 Å². The third-order valence-corrected chi connectivity index (χ3v) is 5.50. The van der Waals surface area contributed by atoms with Crippen LogP contribution in [0.2, 0.25) is 0 Å². The molecular formula is C18H25N7O. The summed E-state index contributed by atoms with van der Waals surface area (Å²) in [6.45, 7) is 0.930. The summed E-state index contributed by atoms with van der Waals surface area (Å²) in [6.07, 6.45) is 9.32. The molecule has 1 saturated carbocycles. The predicted octanol–water partition coefficient (Wildman–Crippen LogP) is 1.80. The lowest BCUT2D eigenvalue weighted by Gasteiger charge is -2.34. The van der Waals surface area contributed by atoms with E-state index in [1.807, 2.05) is 13.1 Å². The Morgan fingerprint density at radius 1 is 1.27 bits per heavy atom. The van der Waals surface area contributed by atoms with Crippen LogP contribution in [0.4, 0.5) is 11.8 Å². The van der Waals surface area contributed by atoms with E-state index in [2.05, 4.69) is 25.3 Å². The van der Waals surface area contributed by atoms with Gasteiger partial charge >= 0.3 is 0 Å². The topological polar surface area (TPSA) is 102 Å². The summed E-state index contributed by atoms with van der Waals surface area (Å²) >= 11 is 0. The number of amides is 1. The number of rotatable bonds is 4. The molecule has 0 spiro atoms. The van der Waals surface area contributed by atoms with E-state index < -0.39 is 0 Å². The summed E-state index contributed by atoms with van der Waals surface area (Å²) in [5.41, 5.74) is 7.62. The second-order valence-corrected chi connectivity index (χ2v) is 7.17. The highest BCUT2D eigenvalue weighted by Crippen LogP contribution is 2.28. The Kier molecular flexibility index (Phi) is 4.48. The van der Waals surface area contributed by atoms with Crippen LogP contribution in [-0.2, 0) is 11.8 Å². The molecule has 26 heavy (non-hydrogen) atoms. The van der Waals surface area contributed by atoms with E-state index in [4.69, 9.17) is 5.73 Å². The van der Waals surface area contributed by atoms with Crippen molar-refractivity contribution in [2.75, 3.05) is 17.6 Å². The molecule has 2 aromatic rings. The van der Waals surface area contributed by atoms with E-state index in [0.29, 0.717) is 29.8 Å². The number of aryl methyl sites for hydroxylation is 1. The van der Waals surface area contributed by atoms with Gasteiger partial charge in [0.1, 0.15) is 5.82 Å². The number of likely N-dealkylation sites (tertiary alicyclic amines) is 1. The lowest BCUT2D eigenvalue weighted by molar-refractivity contribution is -0.130. The number of aromatic nitrogens is 4. The second kappa shape index (κ2) is 6.93. The fourth-order valence-corrected chi connectivity index (χ4v) is 3.99. The maximum atomic E-state index is 11.9. The van der Waals surface area contributed by atoms with Crippen molar-refractivity contribution in [3.8, 4) is 11.3 Å². The van der Waals surface area contributed by atoms with Crippen molar-refractivity contribution in [3.05, 3.63) is 18.5 Å². The lowest BCUT2D eigenvalue weighted by atomic mass is 9.90. The van der Waals surface area contributed by atoms with E-state index in [1.54, 1.807) is 17.1 Å². The normalized spacial score (nSPS) is 23.4. The van der Waals surface area contributed by atoms with Crippen molar-refractivity contribution < 1.29 is 4.79 Å². The first-order valence-electron chi connectivity index (χ1n) is 9.28. The summed E-state index contributed by atoms with van der Waals surface area (Å²) in [5, 5.41) is 7.61. The Bertz CT molecular complexity index is 795. The van der Waals surface area contributed by atoms with Crippen LogP contribution >= 0.6 is 0 Å². The Labute approximate surface area is 152 Å². The zero-order chi connectivity index (χ0) is 18.1. The van der Waals surface area contributed by atoms with Gasteiger partial charge in [0.05, 0.1) is 17.5 Å². The van der Waals surface area contributed by atoms with Crippen molar-refractivity contribution in [2.24, 2.45) is 7.05 Å². The highest BCUT2D eigenvalue weighted by Gasteiger charge is 2.31. The van der Waals surface area contributed by atoms with Gasteiger partial charge in [-0.15, -0.1) is 0 Å². The van der Waals surface area contributed by atoms with Crippen LogP contribution < -0.4 is 11.1 Å². The fourth-order valence-electron chi connectivity index (χ4n) is 3.99. The minimum absolute atomic E-state index is 0.325. The van der Waals surface area contributed by atoms with Gasteiger partial charge in [-0.3, -0.25) is 9.48 Å². The van der Waals surface area contributed by atoms with E-state index in [0.717, 1.165) is 56.3 Å². The molecule has 1 aliphatic heterocycles. The number of carbonyl (C=O) groups excluding carboxylic acids is 1. The highest BCUT2D eigenvalue weighted by molar-refractivity contribution is 5.78. The van der Waals surface area contributed by atoms with Crippen molar-refractivity contribution in [1.82, 2.24) is 24.6 Å². The van der Waals surface area contributed by atoms with Gasteiger partial charge in [0.25, 0.3) is 0 Å². The van der Waals surface area contributed by atoms with Crippen LogP contribution in [0.25, 0.3) is 11.3 Å². The summed E-state index contributed by atoms with van der Waals surface area (Å²) in [6, 6.07) is 2.59. The molecule has 2 aliphatic rings. The summed E-state index contributed by atoms with van der Waals surface area (Å²) in [4.78, 5) is 23.0. The molecule has 2 fully saturated rings. The largest absolute Gasteiger partial charge is 0.383 e. The predicted molar refractivity (Wildman–Crippen MR) is 99.3 cm³/mol. The average Bonchev–Trinajstić information content (AvgIpc) is 3.22. The number of nitrogens with zero attached hydrogens (tertiary/aromatic N) is 5. The number of carbonyl (C=O) groups is 1. The van der Waals surface area contributed by atoms with Gasteiger partial charge in [0.2, 0.25) is 11.9 Å². The molecule has 1 saturated heterocycles. The van der Waals surface area contributed by atoms with Crippen molar-refractivity contribution in [1.29, 1.82) is 0 Å². The number of nitrogen functional groups attached to an aromatic ring is 1. The van der Waals surface area contributed by atoms with Gasteiger partial charge in [-0.2, -0.15) is 5.10 Å². The third kappa shape index (κ3) is 3.23.